The van der Waals surface area contributed by atoms with E-state index in [1.165, 1.54) is 24.5 Å². The first-order chi connectivity index (χ1) is 8.16. The minimum absolute atomic E-state index is 0.0375. The monoisotopic (exact) mass is 233 g/mol. The molecule has 3 N–H and O–H groups in total. The Kier molecular flexibility index (Phi) is 2.77. The number of nitrogens with one attached hydrogen (secondary N) is 2. The van der Waals surface area contributed by atoms with Gasteiger partial charge in [-0.2, -0.15) is 15.4 Å². The van der Waals surface area contributed by atoms with Crippen LogP contribution in [0.5, 0.6) is 0 Å². The van der Waals surface area contributed by atoms with E-state index >= 15 is 0 Å². The van der Waals surface area contributed by atoms with E-state index in [-0.39, 0.29) is 17.1 Å². The molecular weight excluding hydrogens is 226 g/mol. The third-order valence-corrected chi connectivity index (χ3v) is 1.90. The van der Waals surface area contributed by atoms with Gasteiger partial charge in [0.25, 0.3) is 5.91 Å². The van der Waals surface area contributed by atoms with Gasteiger partial charge >= 0.3 is 5.97 Å². The van der Waals surface area contributed by atoms with Crippen LogP contribution in [-0.2, 0) is 0 Å². The van der Waals surface area contributed by atoms with Gasteiger partial charge in [0, 0.05) is 6.20 Å². The molecule has 2 aromatic rings. The minimum atomic E-state index is -1.09. The van der Waals surface area contributed by atoms with Crippen molar-refractivity contribution in [3.05, 3.63) is 35.8 Å². The largest absolute Gasteiger partial charge is 0.478 e. The first-order valence-corrected chi connectivity index (χ1v) is 4.53. The fourth-order valence-corrected chi connectivity index (χ4v) is 1.12. The number of H-pyrrole nitrogens is 1. The van der Waals surface area contributed by atoms with Crippen LogP contribution in [0.1, 0.15) is 20.8 Å². The number of hydrogen-bond donors (Lipinski definition) is 3. The summed E-state index contributed by atoms with van der Waals surface area (Å²) < 4.78 is 0. The number of amides is 1. The zero-order valence-corrected chi connectivity index (χ0v) is 8.41. The normalized spacial score (nSPS) is 9.88. The molecule has 0 unspecified atom stereocenters. The molecule has 0 fully saturated rings. The highest BCUT2D eigenvalue weighted by molar-refractivity contribution is 6.02. The lowest BCUT2D eigenvalue weighted by molar-refractivity contribution is 0.0696. The highest BCUT2D eigenvalue weighted by Gasteiger charge is 2.11. The van der Waals surface area contributed by atoms with Gasteiger partial charge < -0.3 is 10.4 Å². The van der Waals surface area contributed by atoms with Crippen molar-refractivity contribution in [3.63, 3.8) is 0 Å². The molecule has 2 aromatic heterocycles. The van der Waals surface area contributed by atoms with E-state index in [2.05, 4.69) is 25.7 Å². The highest BCUT2D eigenvalue weighted by Crippen LogP contribution is 2.07. The minimum Gasteiger partial charge on any atom is -0.478 e. The zero-order valence-electron chi connectivity index (χ0n) is 8.41. The molecule has 0 bridgehead atoms. The van der Waals surface area contributed by atoms with Crippen molar-refractivity contribution >= 4 is 17.7 Å². The molecule has 0 aliphatic rings. The number of carboxylic acid groups (broad SMARTS) is 1. The van der Waals surface area contributed by atoms with Crippen LogP contribution in [0, 0.1) is 0 Å². The predicted molar refractivity (Wildman–Crippen MR) is 55.5 cm³/mol. The number of aromatic amines is 1. The Hall–Kier alpha value is -2.77. The summed E-state index contributed by atoms with van der Waals surface area (Å²) >= 11 is 0. The molecule has 0 aliphatic heterocycles. The van der Waals surface area contributed by atoms with Crippen LogP contribution in [-0.4, -0.2) is 37.4 Å². The van der Waals surface area contributed by atoms with E-state index in [1.54, 1.807) is 0 Å². The van der Waals surface area contributed by atoms with Crippen LogP contribution in [0.4, 0.5) is 5.82 Å². The van der Waals surface area contributed by atoms with E-state index in [0.717, 1.165) is 0 Å². The second-order valence-electron chi connectivity index (χ2n) is 3.04. The molecule has 0 radical (unpaired) electrons. The van der Waals surface area contributed by atoms with Crippen molar-refractivity contribution in [2.24, 2.45) is 0 Å². The predicted octanol–water partition coefficient (Wildman–Crippen LogP) is 0.150. The maximum Gasteiger partial charge on any atom is 0.335 e. The summed E-state index contributed by atoms with van der Waals surface area (Å²) in [5.41, 5.74) is 0.128. The SMILES string of the molecule is O=C(O)c1ccnc(NC(=O)c2cn[nH]n2)c1. The Morgan fingerprint density at radius 2 is 2.24 bits per heavy atom. The Bertz CT molecular complexity index is 552. The molecule has 0 spiro atoms. The Morgan fingerprint density at radius 3 is 2.88 bits per heavy atom. The van der Waals surface area contributed by atoms with Gasteiger partial charge in [-0.3, -0.25) is 4.79 Å². The van der Waals surface area contributed by atoms with Crippen molar-refractivity contribution in [2.75, 3.05) is 5.32 Å². The Balaban J connectivity index is 2.16. The molecule has 1 amide bonds. The first-order valence-electron chi connectivity index (χ1n) is 4.53. The molecule has 0 aliphatic carbocycles. The molecule has 86 valence electrons. The average molecular weight is 233 g/mol. The maximum atomic E-state index is 11.5. The number of hydrogen-bond acceptors (Lipinski definition) is 5. The van der Waals surface area contributed by atoms with E-state index in [1.807, 2.05) is 0 Å². The van der Waals surface area contributed by atoms with E-state index in [0.29, 0.717) is 0 Å². The molecule has 2 heterocycles. The quantitative estimate of drug-likeness (QED) is 0.693. The van der Waals surface area contributed by atoms with Gasteiger partial charge in [-0.15, -0.1) is 0 Å². The number of carboxylic acids is 1. The van der Waals surface area contributed by atoms with Gasteiger partial charge in [0.1, 0.15) is 5.82 Å². The van der Waals surface area contributed by atoms with Crippen molar-refractivity contribution in [1.82, 2.24) is 20.4 Å². The number of nitrogens with zero attached hydrogens (tertiary/aromatic N) is 3. The topological polar surface area (TPSA) is 121 Å². The van der Waals surface area contributed by atoms with Crippen LogP contribution < -0.4 is 5.32 Å². The zero-order chi connectivity index (χ0) is 12.3. The second-order valence-corrected chi connectivity index (χ2v) is 3.04. The average Bonchev–Trinajstić information content (AvgIpc) is 2.82. The third-order valence-electron chi connectivity index (χ3n) is 1.90. The fraction of sp³-hybridized carbons (Fsp3) is 0. The molecule has 2 rings (SSSR count). The summed E-state index contributed by atoms with van der Waals surface area (Å²) in [5.74, 6) is -1.48. The Labute approximate surface area is 94.7 Å². The van der Waals surface area contributed by atoms with Crippen molar-refractivity contribution in [3.8, 4) is 0 Å². The number of aromatic carboxylic acids is 1. The van der Waals surface area contributed by atoms with Gasteiger partial charge in [-0.1, -0.05) is 0 Å². The Morgan fingerprint density at radius 1 is 1.41 bits per heavy atom. The molecular formula is C9H7N5O3. The molecule has 0 saturated carbocycles. The number of rotatable bonds is 3. The lowest BCUT2D eigenvalue weighted by atomic mass is 10.2. The summed E-state index contributed by atoms with van der Waals surface area (Å²) in [7, 11) is 0. The van der Waals surface area contributed by atoms with Gasteiger partial charge in [0.15, 0.2) is 5.69 Å². The van der Waals surface area contributed by atoms with Crippen molar-refractivity contribution < 1.29 is 14.7 Å². The van der Waals surface area contributed by atoms with E-state index in [4.69, 9.17) is 5.11 Å². The molecule has 8 nitrogen and oxygen atoms in total. The summed E-state index contributed by atoms with van der Waals surface area (Å²) in [5, 5.41) is 20.5. The van der Waals surface area contributed by atoms with E-state index < -0.39 is 11.9 Å². The summed E-state index contributed by atoms with van der Waals surface area (Å²) in [6.07, 6.45) is 2.54. The number of aromatic nitrogens is 4. The van der Waals surface area contributed by atoms with Crippen molar-refractivity contribution in [2.45, 2.75) is 0 Å². The number of anilines is 1. The summed E-state index contributed by atoms with van der Waals surface area (Å²) in [6.45, 7) is 0. The first kappa shape index (κ1) is 10.7. The third kappa shape index (κ3) is 2.43. The highest BCUT2D eigenvalue weighted by atomic mass is 16.4. The van der Waals surface area contributed by atoms with Crippen LogP contribution in [0.3, 0.4) is 0 Å². The number of carbonyl (C=O) groups excluding carboxylic acids is 1. The smallest absolute Gasteiger partial charge is 0.335 e. The number of carbonyl (C=O) groups is 2. The summed E-state index contributed by atoms with van der Waals surface area (Å²) in [4.78, 5) is 26.1. The fourth-order valence-electron chi connectivity index (χ4n) is 1.12. The van der Waals surface area contributed by atoms with Gasteiger partial charge in [0.2, 0.25) is 0 Å². The molecule has 0 atom stereocenters. The van der Waals surface area contributed by atoms with Gasteiger partial charge in [-0.05, 0) is 12.1 Å². The van der Waals surface area contributed by atoms with Crippen LogP contribution in [0.15, 0.2) is 24.5 Å². The van der Waals surface area contributed by atoms with Crippen LogP contribution in [0.25, 0.3) is 0 Å². The lowest BCUT2D eigenvalue weighted by Crippen LogP contribution is -2.14. The number of pyridine rings is 1. The summed E-state index contributed by atoms with van der Waals surface area (Å²) in [6, 6.07) is 2.58. The van der Waals surface area contributed by atoms with Gasteiger partial charge in [0.05, 0.1) is 11.8 Å². The molecule has 0 aromatic carbocycles. The molecule has 8 heteroatoms. The maximum absolute atomic E-state index is 11.5. The van der Waals surface area contributed by atoms with E-state index in [9.17, 15) is 9.59 Å². The standard InChI is InChI=1S/C9H7N5O3/c15-8(6-4-11-14-13-6)12-7-3-5(9(16)17)1-2-10-7/h1-4H,(H,16,17)(H,10,12,15)(H,11,13,14). The van der Waals surface area contributed by atoms with Crippen LogP contribution in [0.2, 0.25) is 0 Å². The second kappa shape index (κ2) is 4.39. The lowest BCUT2D eigenvalue weighted by Gasteiger charge is -2.02. The van der Waals surface area contributed by atoms with Crippen LogP contribution >= 0.6 is 0 Å². The van der Waals surface area contributed by atoms with Crippen molar-refractivity contribution in [1.29, 1.82) is 0 Å². The molecule has 0 saturated heterocycles. The molecule has 17 heavy (non-hydrogen) atoms. The van der Waals surface area contributed by atoms with Gasteiger partial charge in [-0.25, -0.2) is 9.78 Å².